The quantitative estimate of drug-likeness (QED) is 0.606. The number of carbonyl (C=O) groups is 1. The topological polar surface area (TPSA) is 103 Å². The summed E-state index contributed by atoms with van der Waals surface area (Å²) in [6.45, 7) is -0.401. The highest BCUT2D eigenvalue weighted by Crippen LogP contribution is 2.20. The zero-order valence-corrected chi connectivity index (χ0v) is 17.3. The Labute approximate surface area is 179 Å². The molecule has 30 heavy (non-hydrogen) atoms. The molecular weight excluding hydrogens is 424 g/mol. The first-order valence-corrected chi connectivity index (χ1v) is 10.7. The number of anilines is 1. The lowest BCUT2D eigenvalue weighted by Gasteiger charge is -2.22. The minimum absolute atomic E-state index is 0.0139. The minimum atomic E-state index is -3.96. The molecule has 1 amide bonds. The predicted molar refractivity (Wildman–Crippen MR) is 113 cm³/mol. The van der Waals surface area contributed by atoms with Crippen LogP contribution in [0, 0.1) is 11.3 Å². The molecule has 0 fully saturated rings. The van der Waals surface area contributed by atoms with Gasteiger partial charge in [-0.2, -0.15) is 9.57 Å². The number of hydrogen-bond acceptors (Lipinski definition) is 5. The van der Waals surface area contributed by atoms with Crippen LogP contribution in [-0.4, -0.2) is 30.2 Å². The average molecular weight is 441 g/mol. The van der Waals surface area contributed by atoms with E-state index >= 15 is 0 Å². The molecule has 1 aromatic heterocycles. The van der Waals surface area contributed by atoms with Gasteiger partial charge in [0.1, 0.15) is 11.9 Å². The molecule has 0 unspecified atom stereocenters. The van der Waals surface area contributed by atoms with E-state index in [0.29, 0.717) is 10.6 Å². The first kappa shape index (κ1) is 21.5. The molecule has 0 aliphatic rings. The van der Waals surface area contributed by atoms with Gasteiger partial charge in [0, 0.05) is 17.8 Å². The van der Waals surface area contributed by atoms with Crippen molar-refractivity contribution in [3.8, 4) is 6.07 Å². The van der Waals surface area contributed by atoms with E-state index < -0.39 is 22.5 Å². The van der Waals surface area contributed by atoms with E-state index in [2.05, 4.69) is 10.3 Å². The standard InChI is InChI=1S/C21H17ClN4O3S/c22-18-7-9-19(10-8-18)30(28,29)26(14-16-4-2-1-3-5-16)15-21(27)25-20-11-6-17(12-23)13-24-20/h1-11,13H,14-15H2,(H,24,25,27). The zero-order chi connectivity index (χ0) is 21.6. The van der Waals surface area contributed by atoms with E-state index in [-0.39, 0.29) is 17.3 Å². The van der Waals surface area contributed by atoms with Gasteiger partial charge in [0.05, 0.1) is 17.0 Å². The average Bonchev–Trinajstić information content (AvgIpc) is 2.75. The fourth-order valence-corrected chi connectivity index (χ4v) is 4.16. The van der Waals surface area contributed by atoms with E-state index in [1.165, 1.54) is 42.6 Å². The molecule has 3 rings (SSSR count). The summed E-state index contributed by atoms with van der Waals surface area (Å²) in [5.41, 5.74) is 1.09. The fraction of sp³-hybridized carbons (Fsp3) is 0.0952. The summed E-state index contributed by atoms with van der Waals surface area (Å²) >= 11 is 5.87. The summed E-state index contributed by atoms with van der Waals surface area (Å²) in [7, 11) is -3.96. The van der Waals surface area contributed by atoms with Crippen LogP contribution >= 0.6 is 11.6 Å². The maximum atomic E-state index is 13.2. The summed E-state index contributed by atoms with van der Waals surface area (Å²) in [5, 5.41) is 11.8. The molecule has 0 saturated heterocycles. The summed E-state index contributed by atoms with van der Waals surface area (Å²) in [6.07, 6.45) is 1.32. The second-order valence-electron chi connectivity index (χ2n) is 6.30. The molecule has 9 heteroatoms. The Morgan fingerprint density at radius 2 is 1.77 bits per heavy atom. The molecular formula is C21H17ClN4O3S. The molecule has 0 atom stereocenters. The maximum Gasteiger partial charge on any atom is 0.243 e. The van der Waals surface area contributed by atoms with Crippen LogP contribution in [0.5, 0.6) is 0 Å². The number of benzene rings is 2. The highest BCUT2D eigenvalue weighted by Gasteiger charge is 2.27. The van der Waals surface area contributed by atoms with Gasteiger partial charge in [-0.15, -0.1) is 0 Å². The molecule has 152 valence electrons. The first-order valence-electron chi connectivity index (χ1n) is 8.84. The Kier molecular flexibility index (Phi) is 6.79. The van der Waals surface area contributed by atoms with Crippen LogP contribution in [0.25, 0.3) is 0 Å². The number of pyridine rings is 1. The third-order valence-electron chi connectivity index (χ3n) is 4.13. The number of nitrogens with one attached hydrogen (secondary N) is 1. The van der Waals surface area contributed by atoms with Crippen molar-refractivity contribution in [3.05, 3.63) is 89.1 Å². The smallest absolute Gasteiger partial charge is 0.243 e. The van der Waals surface area contributed by atoms with Crippen molar-refractivity contribution in [2.75, 3.05) is 11.9 Å². The molecule has 0 spiro atoms. The SMILES string of the molecule is N#Cc1ccc(NC(=O)CN(Cc2ccccc2)S(=O)(=O)c2ccc(Cl)cc2)nc1. The Morgan fingerprint density at radius 3 is 2.37 bits per heavy atom. The van der Waals surface area contributed by atoms with Gasteiger partial charge in [-0.3, -0.25) is 4.79 Å². The number of sulfonamides is 1. The molecule has 2 aromatic carbocycles. The van der Waals surface area contributed by atoms with Crippen LogP contribution in [0.15, 0.2) is 77.8 Å². The van der Waals surface area contributed by atoms with E-state index in [4.69, 9.17) is 16.9 Å². The lowest BCUT2D eigenvalue weighted by atomic mass is 10.2. The molecule has 0 bridgehead atoms. The van der Waals surface area contributed by atoms with Crippen molar-refractivity contribution < 1.29 is 13.2 Å². The fourth-order valence-electron chi connectivity index (χ4n) is 2.65. The van der Waals surface area contributed by atoms with E-state index in [9.17, 15) is 13.2 Å². The van der Waals surface area contributed by atoms with Crippen LogP contribution in [0.4, 0.5) is 5.82 Å². The van der Waals surface area contributed by atoms with E-state index in [0.717, 1.165) is 9.87 Å². The normalized spacial score (nSPS) is 11.1. The Bertz CT molecular complexity index is 1160. The lowest BCUT2D eigenvalue weighted by Crippen LogP contribution is -2.37. The van der Waals surface area contributed by atoms with Crippen LogP contribution in [-0.2, 0) is 21.4 Å². The van der Waals surface area contributed by atoms with Gasteiger partial charge in [-0.25, -0.2) is 13.4 Å². The molecule has 0 radical (unpaired) electrons. The number of rotatable bonds is 7. The van der Waals surface area contributed by atoms with Crippen molar-refractivity contribution in [1.82, 2.24) is 9.29 Å². The largest absolute Gasteiger partial charge is 0.310 e. The second-order valence-corrected chi connectivity index (χ2v) is 8.68. The number of halogens is 1. The van der Waals surface area contributed by atoms with Gasteiger partial charge in [0.25, 0.3) is 0 Å². The number of aromatic nitrogens is 1. The van der Waals surface area contributed by atoms with Crippen LogP contribution in [0.2, 0.25) is 5.02 Å². The van der Waals surface area contributed by atoms with E-state index in [1.54, 1.807) is 24.3 Å². The number of hydrogen-bond donors (Lipinski definition) is 1. The summed E-state index contributed by atoms with van der Waals surface area (Å²) in [4.78, 5) is 16.6. The van der Waals surface area contributed by atoms with E-state index in [1.807, 2.05) is 12.1 Å². The lowest BCUT2D eigenvalue weighted by molar-refractivity contribution is -0.116. The van der Waals surface area contributed by atoms with Gasteiger partial charge in [-0.05, 0) is 42.0 Å². The van der Waals surface area contributed by atoms with Gasteiger partial charge in [-0.1, -0.05) is 41.9 Å². The van der Waals surface area contributed by atoms with Crippen molar-refractivity contribution in [2.45, 2.75) is 11.4 Å². The molecule has 0 saturated carbocycles. The summed E-state index contributed by atoms with van der Waals surface area (Å²) in [5.74, 6) is -0.330. The molecule has 1 N–H and O–H groups in total. The van der Waals surface area contributed by atoms with Crippen molar-refractivity contribution in [1.29, 1.82) is 5.26 Å². The highest BCUT2D eigenvalue weighted by atomic mass is 35.5. The second kappa shape index (κ2) is 9.50. The summed E-state index contributed by atoms with van der Waals surface area (Å²) in [6, 6.07) is 19.7. The van der Waals surface area contributed by atoms with Crippen molar-refractivity contribution in [3.63, 3.8) is 0 Å². The molecule has 7 nitrogen and oxygen atoms in total. The predicted octanol–water partition coefficient (Wildman–Crippen LogP) is 3.44. The number of nitrogens with zero attached hydrogens (tertiary/aromatic N) is 3. The highest BCUT2D eigenvalue weighted by molar-refractivity contribution is 7.89. The number of nitriles is 1. The van der Waals surface area contributed by atoms with Gasteiger partial charge < -0.3 is 5.32 Å². The van der Waals surface area contributed by atoms with Crippen molar-refractivity contribution in [2.24, 2.45) is 0 Å². The maximum absolute atomic E-state index is 13.2. The monoisotopic (exact) mass is 440 g/mol. The summed E-state index contributed by atoms with van der Waals surface area (Å²) < 4.78 is 27.4. The third-order valence-corrected chi connectivity index (χ3v) is 6.19. The minimum Gasteiger partial charge on any atom is -0.310 e. The number of carbonyl (C=O) groups excluding carboxylic acids is 1. The van der Waals surface area contributed by atoms with Gasteiger partial charge in [0.2, 0.25) is 15.9 Å². The molecule has 1 heterocycles. The van der Waals surface area contributed by atoms with Gasteiger partial charge in [0.15, 0.2) is 0 Å². The van der Waals surface area contributed by atoms with Crippen LogP contribution < -0.4 is 5.32 Å². The Morgan fingerprint density at radius 1 is 1.07 bits per heavy atom. The third kappa shape index (κ3) is 5.42. The molecule has 3 aromatic rings. The van der Waals surface area contributed by atoms with Gasteiger partial charge >= 0.3 is 0 Å². The Balaban J connectivity index is 1.84. The molecule has 0 aliphatic carbocycles. The first-order chi connectivity index (χ1) is 14.4. The zero-order valence-electron chi connectivity index (χ0n) is 15.7. The Hall–Kier alpha value is -3.25. The molecule has 0 aliphatic heterocycles. The van der Waals surface area contributed by atoms with Crippen LogP contribution in [0.3, 0.4) is 0 Å². The van der Waals surface area contributed by atoms with Crippen LogP contribution in [0.1, 0.15) is 11.1 Å². The number of amides is 1. The van der Waals surface area contributed by atoms with Crippen molar-refractivity contribution >= 4 is 33.3 Å².